The van der Waals surface area contributed by atoms with Crippen LogP contribution >= 0.6 is 11.3 Å². The van der Waals surface area contributed by atoms with Crippen molar-refractivity contribution in [3.8, 4) is 5.06 Å². The van der Waals surface area contributed by atoms with Gasteiger partial charge in [0, 0.05) is 0 Å². The highest BCUT2D eigenvalue weighted by Gasteiger charge is 2.23. The Kier molecular flexibility index (Phi) is 4.10. The maximum Gasteiger partial charge on any atom is 0.181 e. The molecule has 1 aromatic rings. The van der Waals surface area contributed by atoms with Gasteiger partial charge in [-0.2, -0.15) is 0 Å². The fourth-order valence-corrected chi connectivity index (χ4v) is 2.58. The summed E-state index contributed by atoms with van der Waals surface area (Å²) in [4.78, 5) is 12.9. The highest BCUT2D eigenvalue weighted by molar-refractivity contribution is 7.15. The topological polar surface area (TPSA) is 26.3 Å². The molecule has 0 saturated heterocycles. The number of carbonyl (C=O) groups excluding carboxylic acids is 1. The van der Waals surface area contributed by atoms with Crippen molar-refractivity contribution in [1.29, 1.82) is 0 Å². The summed E-state index contributed by atoms with van der Waals surface area (Å²) in [6.45, 7) is 2.83. The van der Waals surface area contributed by atoms with Crippen molar-refractivity contribution in [1.82, 2.24) is 0 Å². The third-order valence-electron chi connectivity index (χ3n) is 2.29. The number of ketones is 1. The minimum atomic E-state index is 0.0448. The number of thiophene rings is 1. The predicted octanol–water partition coefficient (Wildman–Crippen LogP) is 2.28. The smallest absolute Gasteiger partial charge is 0.181 e. The summed E-state index contributed by atoms with van der Waals surface area (Å²) in [5.74, 6) is 0.254. The lowest BCUT2D eigenvalue weighted by Gasteiger charge is -2.26. The lowest BCUT2D eigenvalue weighted by Crippen LogP contribution is -2.40. The van der Waals surface area contributed by atoms with Crippen molar-refractivity contribution in [3.63, 3.8) is 0 Å². The number of hydrogen-bond acceptors (Lipinski definition) is 3. The lowest BCUT2D eigenvalue weighted by molar-refractivity contribution is -0.872. The molecule has 1 rings (SSSR count). The van der Waals surface area contributed by atoms with Crippen molar-refractivity contribution in [2.75, 3.05) is 34.8 Å². The summed E-state index contributed by atoms with van der Waals surface area (Å²) >= 11 is 1.42. The van der Waals surface area contributed by atoms with Gasteiger partial charge >= 0.3 is 0 Å². The fraction of sp³-hybridized carbons (Fsp3) is 0.583. The first kappa shape index (κ1) is 13.2. The van der Waals surface area contributed by atoms with E-state index < -0.39 is 0 Å². The number of rotatable bonds is 5. The Morgan fingerprint density at radius 3 is 2.50 bits per heavy atom. The Labute approximate surface area is 101 Å². The van der Waals surface area contributed by atoms with Gasteiger partial charge in [0.1, 0.15) is 0 Å². The van der Waals surface area contributed by atoms with Crippen LogP contribution in [-0.4, -0.2) is 45.1 Å². The van der Waals surface area contributed by atoms with Gasteiger partial charge in [0.25, 0.3) is 0 Å². The number of methoxy groups -OCH3 is 1. The molecular weight excluding hydrogens is 222 g/mol. The highest BCUT2D eigenvalue weighted by Crippen LogP contribution is 2.26. The van der Waals surface area contributed by atoms with E-state index in [1.165, 1.54) is 11.3 Å². The van der Waals surface area contributed by atoms with Crippen LogP contribution in [0, 0.1) is 5.92 Å². The van der Waals surface area contributed by atoms with Crippen LogP contribution < -0.4 is 4.74 Å². The molecule has 0 aliphatic carbocycles. The van der Waals surface area contributed by atoms with Crippen molar-refractivity contribution in [2.24, 2.45) is 5.92 Å². The third-order valence-corrected chi connectivity index (χ3v) is 3.36. The molecule has 0 bridgehead atoms. The number of hydrogen-bond donors (Lipinski definition) is 0. The number of nitrogens with zero attached hydrogens (tertiary/aromatic N) is 1. The molecule has 0 saturated carbocycles. The Balaban J connectivity index is 2.70. The second-order valence-corrected chi connectivity index (χ2v) is 6.11. The van der Waals surface area contributed by atoms with Crippen molar-refractivity contribution in [3.05, 3.63) is 17.0 Å². The molecule has 3 nitrogen and oxygen atoms in total. The average Bonchev–Trinajstić information content (AvgIpc) is 2.61. The number of Topliss-reactive ketones (excluding diaryl/α,β-unsaturated/α-hetero) is 1. The summed E-state index contributed by atoms with van der Waals surface area (Å²) in [5.41, 5.74) is 0. The van der Waals surface area contributed by atoms with Gasteiger partial charge in [0.05, 0.1) is 45.6 Å². The minimum absolute atomic E-state index is 0.0448. The zero-order chi connectivity index (χ0) is 12.3. The van der Waals surface area contributed by atoms with Gasteiger partial charge in [-0.15, -0.1) is 0 Å². The van der Waals surface area contributed by atoms with Gasteiger partial charge in [0.15, 0.2) is 10.8 Å². The van der Waals surface area contributed by atoms with E-state index in [0.717, 1.165) is 21.0 Å². The molecule has 0 fully saturated rings. The fourth-order valence-electron chi connectivity index (χ4n) is 1.71. The van der Waals surface area contributed by atoms with Gasteiger partial charge in [0.2, 0.25) is 0 Å². The Morgan fingerprint density at radius 2 is 2.06 bits per heavy atom. The first-order valence-corrected chi connectivity index (χ1v) is 6.13. The maximum absolute atomic E-state index is 12.1. The standard InChI is InChI=1S/C12H20NO2S/c1-9(8-13(2,3)4)12(14)10-6-7-11(15-5)16-10/h6-7,9H,8H2,1-5H3/q+1. The van der Waals surface area contributed by atoms with E-state index in [1.807, 2.05) is 19.1 Å². The van der Waals surface area contributed by atoms with E-state index in [0.29, 0.717) is 0 Å². The van der Waals surface area contributed by atoms with Gasteiger partial charge in [-0.1, -0.05) is 11.3 Å². The quantitative estimate of drug-likeness (QED) is 0.585. The summed E-state index contributed by atoms with van der Waals surface area (Å²) in [5, 5.41) is 0.792. The van der Waals surface area contributed by atoms with E-state index >= 15 is 0 Å². The van der Waals surface area contributed by atoms with Crippen LogP contribution in [0.25, 0.3) is 0 Å². The van der Waals surface area contributed by atoms with Crippen molar-refractivity contribution < 1.29 is 14.0 Å². The molecule has 0 aliphatic rings. The van der Waals surface area contributed by atoms with Crippen molar-refractivity contribution in [2.45, 2.75) is 6.92 Å². The van der Waals surface area contributed by atoms with Crippen LogP contribution in [0.1, 0.15) is 16.6 Å². The van der Waals surface area contributed by atoms with Gasteiger partial charge in [-0.25, -0.2) is 0 Å². The normalized spacial score (nSPS) is 13.6. The molecule has 1 unspecified atom stereocenters. The molecule has 0 aliphatic heterocycles. The Morgan fingerprint density at radius 1 is 1.44 bits per heavy atom. The zero-order valence-electron chi connectivity index (χ0n) is 10.6. The van der Waals surface area contributed by atoms with E-state index in [9.17, 15) is 4.79 Å². The number of ether oxygens (including phenoxy) is 1. The van der Waals surface area contributed by atoms with Crippen LogP contribution in [-0.2, 0) is 0 Å². The first-order valence-electron chi connectivity index (χ1n) is 5.32. The van der Waals surface area contributed by atoms with E-state index in [2.05, 4.69) is 21.1 Å². The molecule has 0 N–H and O–H groups in total. The zero-order valence-corrected chi connectivity index (χ0v) is 11.4. The first-order chi connectivity index (χ1) is 7.33. The molecule has 0 radical (unpaired) electrons. The van der Waals surface area contributed by atoms with Crippen LogP contribution in [0.15, 0.2) is 12.1 Å². The van der Waals surface area contributed by atoms with Gasteiger partial charge in [-0.05, 0) is 19.1 Å². The third kappa shape index (κ3) is 3.61. The summed E-state index contributed by atoms with van der Waals surface area (Å²) in [7, 11) is 7.91. The Hall–Kier alpha value is -0.870. The molecule has 0 spiro atoms. The minimum Gasteiger partial charge on any atom is -0.487 e. The van der Waals surface area contributed by atoms with Crippen LogP contribution in [0.2, 0.25) is 0 Å². The van der Waals surface area contributed by atoms with Gasteiger partial charge < -0.3 is 9.22 Å². The highest BCUT2D eigenvalue weighted by atomic mass is 32.1. The largest absolute Gasteiger partial charge is 0.487 e. The molecule has 1 heterocycles. The van der Waals surface area contributed by atoms with E-state index in [4.69, 9.17) is 4.74 Å². The summed E-state index contributed by atoms with van der Waals surface area (Å²) in [6, 6.07) is 3.69. The number of carbonyl (C=O) groups is 1. The summed E-state index contributed by atoms with van der Waals surface area (Å²) < 4.78 is 5.89. The SMILES string of the molecule is COc1ccc(C(=O)C(C)C[N+](C)(C)C)s1. The molecule has 1 atom stereocenters. The summed E-state index contributed by atoms with van der Waals surface area (Å²) in [6.07, 6.45) is 0. The van der Waals surface area contributed by atoms with Gasteiger partial charge in [-0.3, -0.25) is 4.79 Å². The monoisotopic (exact) mass is 242 g/mol. The molecular formula is C12H20NO2S+. The molecule has 0 aromatic carbocycles. The molecule has 0 amide bonds. The molecule has 16 heavy (non-hydrogen) atoms. The van der Waals surface area contributed by atoms with Crippen molar-refractivity contribution >= 4 is 17.1 Å². The van der Waals surface area contributed by atoms with Crippen LogP contribution in [0.3, 0.4) is 0 Å². The maximum atomic E-state index is 12.1. The molecule has 4 heteroatoms. The van der Waals surface area contributed by atoms with E-state index in [1.54, 1.807) is 7.11 Å². The van der Waals surface area contributed by atoms with E-state index in [-0.39, 0.29) is 11.7 Å². The lowest BCUT2D eigenvalue weighted by atomic mass is 10.0. The average molecular weight is 242 g/mol. The molecule has 1 aromatic heterocycles. The second-order valence-electron chi connectivity index (χ2n) is 5.06. The second kappa shape index (κ2) is 4.97. The van der Waals surface area contributed by atoms with Crippen LogP contribution in [0.5, 0.6) is 5.06 Å². The predicted molar refractivity (Wildman–Crippen MR) is 67.3 cm³/mol. The molecule has 90 valence electrons. The van der Waals surface area contributed by atoms with Crippen LogP contribution in [0.4, 0.5) is 0 Å². The Bertz CT molecular complexity index is 365. The number of quaternary nitrogens is 1.